The van der Waals surface area contributed by atoms with Crippen LogP contribution in [0.1, 0.15) is 26.3 Å². The fourth-order valence-corrected chi connectivity index (χ4v) is 4.42. The summed E-state index contributed by atoms with van der Waals surface area (Å²) in [7, 11) is 1.43. The van der Waals surface area contributed by atoms with Crippen LogP contribution in [0.2, 0.25) is 10.0 Å². The Hall–Kier alpha value is -5.26. The highest BCUT2D eigenvalue weighted by atomic mass is 35.5. The van der Waals surface area contributed by atoms with Gasteiger partial charge in [0.05, 0.1) is 46.2 Å². The highest BCUT2D eigenvalue weighted by Gasteiger charge is 2.32. The Bertz CT molecular complexity index is 1700. The van der Waals surface area contributed by atoms with E-state index in [-0.39, 0.29) is 44.8 Å². The lowest BCUT2D eigenvalue weighted by atomic mass is 10.1. The van der Waals surface area contributed by atoms with E-state index in [0.717, 1.165) is 10.0 Å². The Morgan fingerprint density at radius 1 is 0.744 bits per heavy atom. The van der Waals surface area contributed by atoms with Gasteiger partial charge in [-0.15, -0.1) is 0 Å². The molecule has 4 aromatic carbocycles. The highest BCUT2D eigenvalue weighted by Crippen LogP contribution is 2.30. The fraction of sp³-hybridized carbons (Fsp3) is 0.0667. The summed E-state index contributed by atoms with van der Waals surface area (Å²) >= 11 is 12.2. The molecule has 0 atom stereocenters. The maximum absolute atomic E-state index is 14.0. The topological polar surface area (TPSA) is 149 Å². The summed E-state index contributed by atoms with van der Waals surface area (Å²) < 4.78 is 5.45. The number of carbonyl (C=O) groups excluding carboxylic acids is 2. The largest absolute Gasteiger partial charge is 0.496 e. The molecule has 13 heteroatoms. The van der Waals surface area contributed by atoms with E-state index in [1.165, 1.54) is 73.8 Å². The molecule has 4 rings (SSSR count). The summed E-state index contributed by atoms with van der Waals surface area (Å²) in [4.78, 5) is 52.1. The van der Waals surface area contributed by atoms with Crippen LogP contribution in [0, 0.1) is 0 Å². The number of benzene rings is 4. The zero-order valence-electron chi connectivity index (χ0n) is 22.5. The second-order valence-electron chi connectivity index (χ2n) is 8.84. The van der Waals surface area contributed by atoms with Gasteiger partial charge in [0, 0.05) is 11.3 Å². The van der Waals surface area contributed by atoms with Crippen LogP contribution >= 0.6 is 23.2 Å². The number of urea groups is 2. The number of aromatic carboxylic acids is 2. The van der Waals surface area contributed by atoms with Gasteiger partial charge in [-0.1, -0.05) is 65.7 Å². The Labute approximate surface area is 255 Å². The van der Waals surface area contributed by atoms with Gasteiger partial charge >= 0.3 is 24.0 Å². The van der Waals surface area contributed by atoms with Crippen LogP contribution in [0.5, 0.6) is 5.75 Å². The number of hydrogen-bond acceptors (Lipinski definition) is 5. The minimum absolute atomic E-state index is 0.0543. The van der Waals surface area contributed by atoms with Gasteiger partial charge < -0.3 is 25.6 Å². The first-order chi connectivity index (χ1) is 20.6. The van der Waals surface area contributed by atoms with Gasteiger partial charge in [-0.2, -0.15) is 5.01 Å². The Kier molecular flexibility index (Phi) is 9.71. The summed E-state index contributed by atoms with van der Waals surface area (Å²) in [5.41, 5.74) is -0.0650. The molecule has 0 bridgehead atoms. The van der Waals surface area contributed by atoms with Gasteiger partial charge in [0.1, 0.15) is 5.75 Å². The number of nitrogens with one attached hydrogen (secondary N) is 2. The van der Waals surface area contributed by atoms with Gasteiger partial charge in [-0.3, -0.25) is 0 Å². The molecule has 4 N–H and O–H groups in total. The lowest BCUT2D eigenvalue weighted by Crippen LogP contribution is -2.53. The SMILES string of the molecule is COc1ccccc1CN(C(=O)Nc1ccccc1C(=O)O)N(C(=O)Nc1ccc(Cl)c(Cl)c1)c1ccccc1C(=O)O. The van der Waals surface area contributed by atoms with Gasteiger partial charge in [0.15, 0.2) is 0 Å². The number of anilines is 3. The molecule has 0 aliphatic heterocycles. The van der Waals surface area contributed by atoms with Crippen molar-refractivity contribution in [1.29, 1.82) is 0 Å². The monoisotopic (exact) mass is 622 g/mol. The average molecular weight is 623 g/mol. The normalized spacial score (nSPS) is 10.4. The molecule has 0 spiro atoms. The molecule has 43 heavy (non-hydrogen) atoms. The Morgan fingerprint density at radius 3 is 2.05 bits per heavy atom. The highest BCUT2D eigenvalue weighted by molar-refractivity contribution is 6.42. The number of hydrogen-bond donors (Lipinski definition) is 4. The molecule has 11 nitrogen and oxygen atoms in total. The Balaban J connectivity index is 1.88. The van der Waals surface area contributed by atoms with E-state index in [9.17, 15) is 29.4 Å². The first-order valence-electron chi connectivity index (χ1n) is 12.5. The molecule has 0 aromatic heterocycles. The number of methoxy groups -OCH3 is 1. The number of amides is 4. The molecule has 0 aliphatic rings. The summed E-state index contributed by atoms with van der Waals surface area (Å²) in [6.07, 6.45) is 0. The smallest absolute Gasteiger partial charge is 0.345 e. The van der Waals surface area contributed by atoms with Gasteiger partial charge in [-0.05, 0) is 48.5 Å². The number of halogens is 2. The van der Waals surface area contributed by atoms with Crippen LogP contribution in [0.15, 0.2) is 91.0 Å². The molecule has 0 saturated carbocycles. The summed E-state index contributed by atoms with van der Waals surface area (Å²) in [6.45, 7) is -0.312. The van der Waals surface area contributed by atoms with Crippen molar-refractivity contribution in [1.82, 2.24) is 5.01 Å². The third-order valence-corrected chi connectivity index (χ3v) is 6.85. The molecule has 0 saturated heterocycles. The van der Waals surface area contributed by atoms with Gasteiger partial charge in [-0.25, -0.2) is 24.2 Å². The van der Waals surface area contributed by atoms with E-state index < -0.39 is 24.0 Å². The number of para-hydroxylation sites is 3. The molecule has 0 radical (unpaired) electrons. The third-order valence-electron chi connectivity index (χ3n) is 6.11. The molecule has 0 aliphatic carbocycles. The quantitative estimate of drug-likeness (QED) is 0.153. The Morgan fingerprint density at radius 2 is 1.37 bits per heavy atom. The van der Waals surface area contributed by atoms with E-state index in [1.54, 1.807) is 24.3 Å². The van der Waals surface area contributed by atoms with Crippen LogP contribution in [0.25, 0.3) is 0 Å². The van der Waals surface area contributed by atoms with Crippen LogP contribution in [0.4, 0.5) is 26.7 Å². The number of carboxylic acids is 2. The van der Waals surface area contributed by atoms with Crippen LogP contribution in [0.3, 0.4) is 0 Å². The van der Waals surface area contributed by atoms with Crippen LogP contribution in [-0.4, -0.2) is 46.3 Å². The number of ether oxygens (including phenoxy) is 1. The predicted molar refractivity (Wildman–Crippen MR) is 162 cm³/mol. The second kappa shape index (κ2) is 13.6. The average Bonchev–Trinajstić information content (AvgIpc) is 2.99. The first kappa shape index (κ1) is 30.7. The van der Waals surface area contributed by atoms with E-state index in [1.807, 2.05) is 0 Å². The molecule has 220 valence electrons. The van der Waals surface area contributed by atoms with E-state index in [4.69, 9.17) is 27.9 Å². The first-order valence-corrected chi connectivity index (χ1v) is 13.3. The van der Waals surface area contributed by atoms with Crippen molar-refractivity contribution in [3.63, 3.8) is 0 Å². The number of carbonyl (C=O) groups is 4. The van der Waals surface area contributed by atoms with Crippen molar-refractivity contribution in [2.45, 2.75) is 6.54 Å². The van der Waals surface area contributed by atoms with Crippen molar-refractivity contribution in [2.75, 3.05) is 22.8 Å². The summed E-state index contributed by atoms with van der Waals surface area (Å²) in [6, 6.07) is 20.4. The molecule has 0 heterocycles. The molecule has 4 amide bonds. The summed E-state index contributed by atoms with van der Waals surface area (Å²) in [5.74, 6) is -2.28. The lowest BCUT2D eigenvalue weighted by Gasteiger charge is -2.35. The van der Waals surface area contributed by atoms with E-state index in [0.29, 0.717) is 11.3 Å². The maximum atomic E-state index is 14.0. The molecule has 0 unspecified atom stereocenters. The molecular formula is C30H24Cl2N4O7. The van der Waals surface area contributed by atoms with Crippen LogP contribution < -0.4 is 20.4 Å². The zero-order valence-corrected chi connectivity index (χ0v) is 24.0. The predicted octanol–water partition coefficient (Wildman–Crippen LogP) is 7.09. The second-order valence-corrected chi connectivity index (χ2v) is 9.66. The number of carboxylic acid groups (broad SMARTS) is 2. The number of hydrazine groups is 1. The van der Waals surface area contributed by atoms with Crippen molar-refractivity contribution in [3.8, 4) is 5.75 Å². The van der Waals surface area contributed by atoms with Crippen LogP contribution in [-0.2, 0) is 6.54 Å². The number of rotatable bonds is 8. The van der Waals surface area contributed by atoms with Gasteiger partial charge in [0.2, 0.25) is 0 Å². The maximum Gasteiger partial charge on any atom is 0.345 e. The van der Waals surface area contributed by atoms with Crippen molar-refractivity contribution in [2.24, 2.45) is 0 Å². The standard InChI is InChI=1S/C30H24Cl2N4O7/c1-43-26-13-7-2-8-18(26)17-35(29(41)34-24-11-5-3-9-20(24)27(37)38)36(25-12-6-4-10-21(25)28(39)40)30(42)33-19-14-15-22(31)23(32)16-19/h2-16H,17H2,1H3,(H,33,42)(H,34,41)(H,37,38)(H,39,40). The molecule has 0 fully saturated rings. The fourth-order valence-electron chi connectivity index (χ4n) is 4.13. The summed E-state index contributed by atoms with van der Waals surface area (Å²) in [5, 5.41) is 27.0. The van der Waals surface area contributed by atoms with Crippen molar-refractivity contribution >= 4 is 64.3 Å². The van der Waals surface area contributed by atoms with E-state index >= 15 is 0 Å². The van der Waals surface area contributed by atoms with E-state index in [2.05, 4.69) is 10.6 Å². The van der Waals surface area contributed by atoms with Gasteiger partial charge in [0.25, 0.3) is 0 Å². The minimum atomic E-state index is -1.36. The van der Waals surface area contributed by atoms with Crippen molar-refractivity contribution in [3.05, 3.63) is 118 Å². The zero-order chi connectivity index (χ0) is 31.1. The minimum Gasteiger partial charge on any atom is -0.496 e. The van der Waals surface area contributed by atoms with Crippen molar-refractivity contribution < 1.29 is 34.1 Å². The molecule has 4 aromatic rings. The molecular weight excluding hydrogens is 599 g/mol. The number of nitrogens with zero attached hydrogens (tertiary/aromatic N) is 2. The lowest BCUT2D eigenvalue weighted by molar-refractivity contribution is 0.0686. The third kappa shape index (κ3) is 7.15.